The van der Waals surface area contributed by atoms with E-state index in [4.69, 9.17) is 8.37 Å². The maximum atomic E-state index is 11.3. The van der Waals surface area contributed by atoms with Crippen LogP contribution in [0, 0.1) is 0 Å². The molecular weight excluding hydrogens is 304 g/mol. The summed E-state index contributed by atoms with van der Waals surface area (Å²) in [5, 5.41) is 0. The highest BCUT2D eigenvalue weighted by Gasteiger charge is 2.34. The molecule has 0 heterocycles. The van der Waals surface area contributed by atoms with Gasteiger partial charge in [0, 0.05) is 12.8 Å². The molecule has 1 aromatic carbocycles. The van der Waals surface area contributed by atoms with E-state index >= 15 is 0 Å². The van der Waals surface area contributed by atoms with Gasteiger partial charge in [0.2, 0.25) is 0 Å². The summed E-state index contributed by atoms with van der Waals surface area (Å²) >= 11 is 0. The Labute approximate surface area is 119 Å². The Balaban J connectivity index is 2.31. The zero-order valence-electron chi connectivity index (χ0n) is 11.1. The van der Waals surface area contributed by atoms with Crippen LogP contribution in [0.1, 0.15) is 11.1 Å². The van der Waals surface area contributed by atoms with E-state index in [1.165, 1.54) is 0 Å². The number of rotatable bonds is 4. The predicted octanol–water partition coefficient (Wildman–Crippen LogP) is 0.475. The third kappa shape index (κ3) is 4.27. The first-order valence-corrected chi connectivity index (χ1v) is 9.61. The molecule has 0 radical (unpaired) electrons. The van der Waals surface area contributed by atoms with Gasteiger partial charge in [-0.15, -0.1) is 0 Å². The van der Waals surface area contributed by atoms with Gasteiger partial charge >= 0.3 is 0 Å². The zero-order valence-corrected chi connectivity index (χ0v) is 12.8. The summed E-state index contributed by atoms with van der Waals surface area (Å²) in [5.74, 6) is 0. The lowest BCUT2D eigenvalue weighted by molar-refractivity contribution is 0.0574. The molecule has 0 N–H and O–H groups in total. The zero-order chi connectivity index (χ0) is 15.0. The predicted molar refractivity (Wildman–Crippen MR) is 73.3 cm³/mol. The Hall–Kier alpha value is -0.960. The summed E-state index contributed by atoms with van der Waals surface area (Å²) in [7, 11) is -7.38. The lowest BCUT2D eigenvalue weighted by Crippen LogP contribution is -2.41. The fraction of sp³-hybridized carbons (Fsp3) is 0.500. The highest BCUT2D eigenvalue weighted by Crippen LogP contribution is 2.27. The van der Waals surface area contributed by atoms with Crippen LogP contribution in [0.15, 0.2) is 24.3 Å². The van der Waals surface area contributed by atoms with Gasteiger partial charge in [-0.1, -0.05) is 24.3 Å². The van der Waals surface area contributed by atoms with Crippen LogP contribution in [0.2, 0.25) is 0 Å². The first kappa shape index (κ1) is 15.4. The van der Waals surface area contributed by atoms with Gasteiger partial charge in [-0.25, -0.2) is 0 Å². The largest absolute Gasteiger partial charge is 0.264 e. The topological polar surface area (TPSA) is 86.7 Å². The Kier molecular flexibility index (Phi) is 4.19. The van der Waals surface area contributed by atoms with Crippen molar-refractivity contribution in [3.8, 4) is 0 Å². The summed E-state index contributed by atoms with van der Waals surface area (Å²) in [6.45, 7) is 0. The van der Waals surface area contributed by atoms with Gasteiger partial charge in [0.1, 0.15) is 12.2 Å². The number of hydrogen-bond donors (Lipinski definition) is 0. The van der Waals surface area contributed by atoms with E-state index in [1.807, 2.05) is 24.3 Å². The van der Waals surface area contributed by atoms with Crippen molar-refractivity contribution in [1.82, 2.24) is 0 Å². The van der Waals surface area contributed by atoms with Gasteiger partial charge in [-0.3, -0.25) is 8.37 Å². The van der Waals surface area contributed by atoms with E-state index in [0.29, 0.717) is 12.8 Å². The number of hydrogen-bond acceptors (Lipinski definition) is 6. The Bertz CT molecular complexity index is 631. The third-order valence-corrected chi connectivity index (χ3v) is 4.17. The molecule has 1 aliphatic carbocycles. The SMILES string of the molecule is CS(=O)(=O)O[C@@H]1Cc2ccccc2C[C@H]1OS(C)(=O)=O. The molecule has 0 spiro atoms. The molecule has 0 aromatic heterocycles. The van der Waals surface area contributed by atoms with Crippen molar-refractivity contribution in [1.29, 1.82) is 0 Å². The number of benzene rings is 1. The van der Waals surface area contributed by atoms with Gasteiger partial charge in [0.25, 0.3) is 20.2 Å². The second kappa shape index (κ2) is 5.44. The molecular formula is C12H16O6S2. The average molecular weight is 320 g/mol. The Morgan fingerprint density at radius 2 is 1.20 bits per heavy atom. The molecule has 0 saturated heterocycles. The quantitative estimate of drug-likeness (QED) is 0.750. The highest BCUT2D eigenvalue weighted by molar-refractivity contribution is 7.86. The van der Waals surface area contributed by atoms with Crippen molar-refractivity contribution in [2.75, 3.05) is 12.5 Å². The van der Waals surface area contributed by atoms with E-state index in [2.05, 4.69) is 0 Å². The van der Waals surface area contributed by atoms with Crippen LogP contribution in [0.25, 0.3) is 0 Å². The van der Waals surface area contributed by atoms with Crippen LogP contribution in [-0.2, 0) is 41.4 Å². The molecule has 6 nitrogen and oxygen atoms in total. The van der Waals surface area contributed by atoms with Gasteiger partial charge in [-0.05, 0) is 11.1 Å². The molecule has 0 saturated carbocycles. The van der Waals surface area contributed by atoms with E-state index in [0.717, 1.165) is 23.6 Å². The summed E-state index contributed by atoms with van der Waals surface area (Å²) in [6, 6.07) is 7.41. The lowest BCUT2D eigenvalue weighted by Gasteiger charge is -2.31. The maximum absolute atomic E-state index is 11.3. The summed E-state index contributed by atoms with van der Waals surface area (Å²) < 4.78 is 55.1. The lowest BCUT2D eigenvalue weighted by atomic mass is 9.88. The van der Waals surface area contributed by atoms with Crippen LogP contribution in [0.5, 0.6) is 0 Å². The monoisotopic (exact) mass is 320 g/mol. The van der Waals surface area contributed by atoms with E-state index in [1.54, 1.807) is 0 Å². The molecule has 0 aliphatic heterocycles. The van der Waals surface area contributed by atoms with Crippen LogP contribution < -0.4 is 0 Å². The van der Waals surface area contributed by atoms with Crippen molar-refractivity contribution in [2.45, 2.75) is 25.0 Å². The van der Waals surface area contributed by atoms with Crippen molar-refractivity contribution < 1.29 is 25.2 Å². The van der Waals surface area contributed by atoms with Crippen molar-refractivity contribution in [3.63, 3.8) is 0 Å². The molecule has 0 bridgehead atoms. The molecule has 20 heavy (non-hydrogen) atoms. The van der Waals surface area contributed by atoms with E-state index < -0.39 is 32.4 Å². The Morgan fingerprint density at radius 3 is 1.50 bits per heavy atom. The molecule has 1 aromatic rings. The minimum absolute atomic E-state index is 0.295. The minimum atomic E-state index is -3.69. The maximum Gasteiger partial charge on any atom is 0.264 e. The van der Waals surface area contributed by atoms with Crippen LogP contribution in [-0.4, -0.2) is 41.6 Å². The van der Waals surface area contributed by atoms with E-state index in [-0.39, 0.29) is 0 Å². The standard InChI is InChI=1S/C12H16O6S2/c1-19(13,14)17-11-7-9-5-3-4-6-10(9)8-12(11)18-20(2,15)16/h3-6,11-12H,7-8H2,1-2H3/t11-,12-/m1/s1. The molecule has 2 atom stereocenters. The van der Waals surface area contributed by atoms with Gasteiger partial charge in [0.05, 0.1) is 12.5 Å². The van der Waals surface area contributed by atoms with Crippen LogP contribution >= 0.6 is 0 Å². The van der Waals surface area contributed by atoms with Crippen molar-refractivity contribution >= 4 is 20.2 Å². The highest BCUT2D eigenvalue weighted by atomic mass is 32.2. The minimum Gasteiger partial charge on any atom is -0.264 e. The summed E-state index contributed by atoms with van der Waals surface area (Å²) in [6.07, 6.45) is 0.785. The van der Waals surface area contributed by atoms with Crippen molar-refractivity contribution in [3.05, 3.63) is 35.4 Å². The normalized spacial score (nSPS) is 23.3. The first-order valence-electron chi connectivity index (χ1n) is 5.97. The fourth-order valence-corrected chi connectivity index (χ4v) is 3.58. The van der Waals surface area contributed by atoms with Crippen LogP contribution in [0.4, 0.5) is 0 Å². The fourth-order valence-electron chi connectivity index (χ4n) is 2.29. The van der Waals surface area contributed by atoms with Gasteiger partial charge < -0.3 is 0 Å². The number of fused-ring (bicyclic) bond motifs is 1. The first-order chi connectivity index (χ1) is 9.14. The molecule has 112 valence electrons. The molecule has 2 rings (SSSR count). The van der Waals surface area contributed by atoms with E-state index in [9.17, 15) is 16.8 Å². The van der Waals surface area contributed by atoms with Gasteiger partial charge in [-0.2, -0.15) is 16.8 Å². The second-order valence-corrected chi connectivity index (χ2v) is 8.06. The summed E-state index contributed by atoms with van der Waals surface area (Å²) in [4.78, 5) is 0. The Morgan fingerprint density at radius 1 is 0.850 bits per heavy atom. The summed E-state index contributed by atoms with van der Waals surface area (Å²) in [5.41, 5.74) is 1.88. The molecule has 0 unspecified atom stereocenters. The van der Waals surface area contributed by atoms with Crippen LogP contribution in [0.3, 0.4) is 0 Å². The molecule has 1 aliphatic rings. The second-order valence-electron chi connectivity index (χ2n) is 4.85. The third-order valence-electron chi connectivity index (χ3n) is 2.97. The van der Waals surface area contributed by atoms with Crippen molar-refractivity contribution in [2.24, 2.45) is 0 Å². The molecule has 8 heteroatoms. The average Bonchev–Trinajstić information content (AvgIpc) is 2.26. The molecule has 0 amide bonds. The molecule has 0 fully saturated rings. The smallest absolute Gasteiger partial charge is 0.264 e. The van der Waals surface area contributed by atoms with Gasteiger partial charge in [0.15, 0.2) is 0 Å².